The van der Waals surface area contributed by atoms with Gasteiger partial charge in [-0.15, -0.1) is 0 Å². The fourth-order valence-electron chi connectivity index (χ4n) is 2.25. The number of carboxylic acid groups (broad SMARTS) is 1. The summed E-state index contributed by atoms with van der Waals surface area (Å²) in [4.78, 5) is 22.9. The van der Waals surface area contributed by atoms with Crippen molar-refractivity contribution in [1.82, 2.24) is 4.90 Å². The van der Waals surface area contributed by atoms with Gasteiger partial charge in [0.25, 0.3) is 0 Å². The molecule has 1 N–H and O–H groups in total. The lowest BCUT2D eigenvalue weighted by Crippen LogP contribution is -2.40. The van der Waals surface area contributed by atoms with Crippen molar-refractivity contribution in [3.05, 3.63) is 34.9 Å². The predicted molar refractivity (Wildman–Crippen MR) is 63.2 cm³/mol. The number of carbonyl (C=O) groups excluding carboxylic acids is 1. The van der Waals surface area contributed by atoms with E-state index < -0.39 is 18.1 Å². The Morgan fingerprint density at radius 2 is 1.90 bits per heavy atom. The molecule has 1 aliphatic heterocycles. The van der Waals surface area contributed by atoms with Gasteiger partial charge in [-0.05, 0) is 36.1 Å². The summed E-state index contributed by atoms with van der Waals surface area (Å²) in [5, 5.41) is 8.90. The van der Waals surface area contributed by atoms with Gasteiger partial charge in [0.2, 0.25) is 0 Å². The molecule has 1 aliphatic rings. The second-order valence-corrected chi connectivity index (χ2v) is 4.62. The molecule has 4 nitrogen and oxygen atoms in total. The number of aromatic carboxylic acids is 1. The molecular formula is C13H12F3NO3. The highest BCUT2D eigenvalue weighted by Gasteiger charge is 2.42. The predicted octanol–water partition coefficient (Wildman–Crippen LogP) is 2.22. The molecule has 0 saturated heterocycles. The standard InChI is InChI=1S/C13H12F3NO3/c14-13(15,16)12(20)17-5-1-2-8-3-4-9(11(18)19)6-10(8)7-17/h3-4,6H,1-2,5,7H2,(H,18,19). The first-order chi connectivity index (χ1) is 9.29. The Morgan fingerprint density at radius 1 is 1.20 bits per heavy atom. The van der Waals surface area contributed by atoms with Crippen LogP contribution in [0.5, 0.6) is 0 Å². The third kappa shape index (κ3) is 2.92. The number of carboxylic acids is 1. The Morgan fingerprint density at radius 3 is 2.50 bits per heavy atom. The summed E-state index contributed by atoms with van der Waals surface area (Å²) in [6.45, 7) is -0.204. The van der Waals surface area contributed by atoms with Crippen LogP contribution in [0.15, 0.2) is 18.2 Å². The average Bonchev–Trinajstić information content (AvgIpc) is 2.57. The monoisotopic (exact) mass is 287 g/mol. The van der Waals surface area contributed by atoms with E-state index in [1.807, 2.05) is 0 Å². The van der Waals surface area contributed by atoms with Crippen LogP contribution >= 0.6 is 0 Å². The van der Waals surface area contributed by atoms with Crippen LogP contribution in [0.1, 0.15) is 27.9 Å². The fraction of sp³-hybridized carbons (Fsp3) is 0.385. The maximum atomic E-state index is 12.5. The van der Waals surface area contributed by atoms with Gasteiger partial charge in [-0.1, -0.05) is 6.07 Å². The second-order valence-electron chi connectivity index (χ2n) is 4.62. The van der Waals surface area contributed by atoms with Gasteiger partial charge in [0, 0.05) is 13.1 Å². The van der Waals surface area contributed by atoms with E-state index in [1.165, 1.54) is 12.1 Å². The molecule has 0 aliphatic carbocycles. The smallest absolute Gasteiger partial charge is 0.471 e. The number of hydrogen-bond donors (Lipinski definition) is 1. The molecule has 0 radical (unpaired) electrons. The van der Waals surface area contributed by atoms with Crippen LogP contribution in [0.3, 0.4) is 0 Å². The topological polar surface area (TPSA) is 57.6 Å². The minimum Gasteiger partial charge on any atom is -0.478 e. The Kier molecular flexibility index (Phi) is 3.69. The molecule has 1 heterocycles. The zero-order valence-electron chi connectivity index (χ0n) is 10.4. The average molecular weight is 287 g/mol. The molecule has 0 aromatic heterocycles. The van der Waals surface area contributed by atoms with E-state index in [4.69, 9.17) is 5.11 Å². The van der Waals surface area contributed by atoms with Gasteiger partial charge in [0.15, 0.2) is 0 Å². The van der Waals surface area contributed by atoms with Crippen molar-refractivity contribution < 1.29 is 27.9 Å². The number of benzene rings is 1. The van der Waals surface area contributed by atoms with Crippen molar-refractivity contribution in [2.24, 2.45) is 0 Å². The Bertz CT molecular complexity index is 554. The Hall–Kier alpha value is -2.05. The number of nitrogens with zero attached hydrogens (tertiary/aromatic N) is 1. The second kappa shape index (κ2) is 5.15. The number of halogens is 3. The number of aryl methyl sites for hydroxylation is 1. The molecule has 20 heavy (non-hydrogen) atoms. The first-order valence-corrected chi connectivity index (χ1v) is 6.00. The van der Waals surface area contributed by atoms with Gasteiger partial charge < -0.3 is 10.0 Å². The molecule has 0 fully saturated rings. The maximum Gasteiger partial charge on any atom is 0.471 e. The van der Waals surface area contributed by atoms with Crippen molar-refractivity contribution in [2.45, 2.75) is 25.6 Å². The highest BCUT2D eigenvalue weighted by molar-refractivity contribution is 5.88. The van der Waals surface area contributed by atoms with E-state index >= 15 is 0 Å². The van der Waals surface area contributed by atoms with Gasteiger partial charge >= 0.3 is 18.1 Å². The van der Waals surface area contributed by atoms with Crippen LogP contribution < -0.4 is 0 Å². The normalized spacial score (nSPS) is 15.4. The fourth-order valence-corrected chi connectivity index (χ4v) is 2.25. The maximum absolute atomic E-state index is 12.5. The number of carbonyl (C=O) groups is 2. The van der Waals surface area contributed by atoms with Crippen LogP contribution in [0, 0.1) is 0 Å². The highest BCUT2D eigenvalue weighted by atomic mass is 19.4. The largest absolute Gasteiger partial charge is 0.478 e. The van der Waals surface area contributed by atoms with Crippen molar-refractivity contribution in [1.29, 1.82) is 0 Å². The summed E-state index contributed by atoms with van der Waals surface area (Å²) < 4.78 is 37.4. The minimum atomic E-state index is -4.91. The van der Waals surface area contributed by atoms with Crippen LogP contribution in [0.4, 0.5) is 13.2 Å². The number of rotatable bonds is 1. The number of alkyl halides is 3. The molecule has 0 saturated carbocycles. The number of hydrogen-bond acceptors (Lipinski definition) is 2. The van der Waals surface area contributed by atoms with E-state index in [-0.39, 0.29) is 18.7 Å². The summed E-state index contributed by atoms with van der Waals surface area (Å²) in [5.74, 6) is -3.03. The molecule has 2 rings (SSSR count). The number of amides is 1. The highest BCUT2D eigenvalue weighted by Crippen LogP contribution is 2.25. The third-order valence-electron chi connectivity index (χ3n) is 3.22. The zero-order chi connectivity index (χ0) is 14.9. The first-order valence-electron chi connectivity index (χ1n) is 6.00. The van der Waals surface area contributed by atoms with E-state index in [2.05, 4.69) is 0 Å². The SMILES string of the molecule is O=C(O)c1ccc2c(c1)CN(C(=O)C(F)(F)F)CCC2. The summed E-state index contributed by atoms with van der Waals surface area (Å²) in [6, 6.07) is 4.35. The molecule has 0 bridgehead atoms. The minimum absolute atomic E-state index is 0.00468. The zero-order valence-corrected chi connectivity index (χ0v) is 10.4. The van der Waals surface area contributed by atoms with E-state index in [0.29, 0.717) is 18.4 Å². The molecule has 1 aromatic carbocycles. The first kappa shape index (κ1) is 14.4. The molecule has 0 spiro atoms. The summed E-state index contributed by atoms with van der Waals surface area (Å²) in [5.41, 5.74) is 1.25. The lowest BCUT2D eigenvalue weighted by Gasteiger charge is -2.22. The summed E-state index contributed by atoms with van der Waals surface area (Å²) >= 11 is 0. The Balaban J connectivity index is 2.31. The molecule has 108 valence electrons. The molecule has 0 unspecified atom stereocenters. The van der Waals surface area contributed by atoms with Gasteiger partial charge in [-0.3, -0.25) is 4.79 Å². The van der Waals surface area contributed by atoms with E-state index in [1.54, 1.807) is 6.07 Å². The summed E-state index contributed by atoms with van der Waals surface area (Å²) in [6.07, 6.45) is -3.97. The Labute approximate surface area is 112 Å². The molecule has 0 atom stereocenters. The van der Waals surface area contributed by atoms with Crippen molar-refractivity contribution in [3.8, 4) is 0 Å². The van der Waals surface area contributed by atoms with Gasteiger partial charge in [-0.2, -0.15) is 13.2 Å². The summed E-state index contributed by atoms with van der Waals surface area (Å²) in [7, 11) is 0. The molecule has 1 aromatic rings. The molecule has 1 amide bonds. The molecule has 7 heteroatoms. The third-order valence-corrected chi connectivity index (χ3v) is 3.22. The lowest BCUT2D eigenvalue weighted by atomic mass is 10.0. The van der Waals surface area contributed by atoms with Crippen molar-refractivity contribution >= 4 is 11.9 Å². The van der Waals surface area contributed by atoms with Crippen LogP contribution in [0.2, 0.25) is 0 Å². The molecular weight excluding hydrogens is 275 g/mol. The van der Waals surface area contributed by atoms with E-state index in [0.717, 1.165) is 10.5 Å². The number of fused-ring (bicyclic) bond motifs is 1. The van der Waals surface area contributed by atoms with Crippen LogP contribution in [0.25, 0.3) is 0 Å². The quantitative estimate of drug-likeness (QED) is 0.861. The van der Waals surface area contributed by atoms with E-state index in [9.17, 15) is 22.8 Å². The van der Waals surface area contributed by atoms with Gasteiger partial charge in [0.1, 0.15) is 0 Å². The van der Waals surface area contributed by atoms with Crippen LogP contribution in [-0.2, 0) is 17.8 Å². The van der Waals surface area contributed by atoms with Gasteiger partial charge in [-0.25, -0.2) is 4.79 Å². The van der Waals surface area contributed by atoms with Crippen molar-refractivity contribution in [3.63, 3.8) is 0 Å². The van der Waals surface area contributed by atoms with Gasteiger partial charge in [0.05, 0.1) is 5.56 Å². The lowest BCUT2D eigenvalue weighted by molar-refractivity contribution is -0.186. The van der Waals surface area contributed by atoms with Crippen molar-refractivity contribution in [2.75, 3.05) is 6.54 Å². The van der Waals surface area contributed by atoms with Crippen LogP contribution in [-0.4, -0.2) is 34.6 Å².